The maximum atomic E-state index is 10.3. The van der Waals surface area contributed by atoms with Crippen LogP contribution in [0.1, 0.15) is 31.2 Å². The van der Waals surface area contributed by atoms with Crippen LogP contribution < -0.4 is 4.74 Å². The van der Waals surface area contributed by atoms with Crippen molar-refractivity contribution in [3.8, 4) is 5.75 Å². The van der Waals surface area contributed by atoms with Crippen LogP contribution in [0.25, 0.3) is 0 Å². The van der Waals surface area contributed by atoms with Gasteiger partial charge < -0.3 is 19.5 Å². The van der Waals surface area contributed by atoms with Gasteiger partial charge in [0.15, 0.2) is 0 Å². The molecule has 0 spiro atoms. The quantitative estimate of drug-likeness (QED) is 0.702. The predicted octanol–water partition coefficient (Wildman–Crippen LogP) is 2.38. The highest BCUT2D eigenvalue weighted by molar-refractivity contribution is 5.28. The number of hydrogen-bond acceptors (Lipinski definition) is 5. The molecule has 1 aromatic carbocycles. The molecule has 1 N–H and O–H groups in total. The summed E-state index contributed by atoms with van der Waals surface area (Å²) in [6.45, 7) is 5.74. The maximum absolute atomic E-state index is 10.3. The van der Waals surface area contributed by atoms with Crippen molar-refractivity contribution in [2.75, 3.05) is 53.6 Å². The normalized spacial score (nSPS) is 17.4. The standard InChI is InChI=1S/C20H34N2O3/c1-21(12-13-24-2)15-18-8-7-9-20(14-18)25-17-19(23)16-22-10-5-3-4-6-11-22/h7-9,14,19,23H,3-6,10-13,15-17H2,1-2H3/t19-/m1/s1. The minimum atomic E-state index is -0.439. The van der Waals surface area contributed by atoms with Gasteiger partial charge in [0.1, 0.15) is 18.5 Å². The molecule has 0 saturated carbocycles. The summed E-state index contributed by atoms with van der Waals surface area (Å²) in [5.41, 5.74) is 1.21. The fourth-order valence-electron chi connectivity index (χ4n) is 3.23. The van der Waals surface area contributed by atoms with E-state index in [1.54, 1.807) is 7.11 Å². The Morgan fingerprint density at radius 3 is 2.68 bits per heavy atom. The fourth-order valence-corrected chi connectivity index (χ4v) is 3.23. The zero-order chi connectivity index (χ0) is 17.9. The molecule has 5 heteroatoms. The molecule has 1 heterocycles. The molecule has 0 aliphatic carbocycles. The Bertz CT molecular complexity index is 476. The largest absolute Gasteiger partial charge is 0.491 e. The van der Waals surface area contributed by atoms with Crippen LogP contribution in [0.4, 0.5) is 0 Å². The minimum absolute atomic E-state index is 0.347. The second kappa shape index (κ2) is 11.5. The summed E-state index contributed by atoms with van der Waals surface area (Å²) >= 11 is 0. The zero-order valence-corrected chi connectivity index (χ0v) is 15.8. The summed E-state index contributed by atoms with van der Waals surface area (Å²) in [6, 6.07) is 8.12. The van der Waals surface area contributed by atoms with Gasteiger partial charge in [-0.05, 0) is 50.7 Å². The summed E-state index contributed by atoms with van der Waals surface area (Å²) in [6.07, 6.45) is 4.67. The van der Waals surface area contributed by atoms with Crippen molar-refractivity contribution in [1.29, 1.82) is 0 Å². The van der Waals surface area contributed by atoms with Crippen molar-refractivity contribution in [2.45, 2.75) is 38.3 Å². The van der Waals surface area contributed by atoms with Crippen molar-refractivity contribution < 1.29 is 14.6 Å². The SMILES string of the molecule is COCCN(C)Cc1cccc(OC[C@H](O)CN2CCCCCC2)c1. The molecular formula is C20H34N2O3. The number of likely N-dealkylation sites (N-methyl/N-ethyl adjacent to an activating group) is 1. The monoisotopic (exact) mass is 350 g/mol. The van der Waals surface area contributed by atoms with Crippen molar-refractivity contribution in [1.82, 2.24) is 9.80 Å². The topological polar surface area (TPSA) is 45.2 Å². The van der Waals surface area contributed by atoms with Crippen LogP contribution in [0.5, 0.6) is 5.75 Å². The molecular weight excluding hydrogens is 316 g/mol. The van der Waals surface area contributed by atoms with Gasteiger partial charge in [-0.3, -0.25) is 4.90 Å². The number of rotatable bonds is 10. The number of aliphatic hydroxyl groups excluding tert-OH is 1. The van der Waals surface area contributed by atoms with Crippen LogP contribution in [-0.4, -0.2) is 74.6 Å². The second-order valence-corrected chi connectivity index (χ2v) is 7.06. The van der Waals surface area contributed by atoms with E-state index in [1.165, 1.54) is 31.2 Å². The smallest absolute Gasteiger partial charge is 0.119 e. The third-order valence-corrected chi connectivity index (χ3v) is 4.64. The molecule has 142 valence electrons. The average molecular weight is 351 g/mol. The fraction of sp³-hybridized carbons (Fsp3) is 0.700. The Morgan fingerprint density at radius 1 is 1.20 bits per heavy atom. The molecule has 0 unspecified atom stereocenters. The van der Waals surface area contributed by atoms with Crippen LogP contribution in [0.3, 0.4) is 0 Å². The number of aliphatic hydroxyl groups is 1. The first-order valence-electron chi connectivity index (χ1n) is 9.47. The Hall–Kier alpha value is -1.14. The van der Waals surface area contributed by atoms with Crippen molar-refractivity contribution in [3.63, 3.8) is 0 Å². The third kappa shape index (κ3) is 8.19. The lowest BCUT2D eigenvalue weighted by molar-refractivity contribution is 0.0693. The van der Waals surface area contributed by atoms with E-state index in [4.69, 9.17) is 9.47 Å². The van der Waals surface area contributed by atoms with Gasteiger partial charge in [-0.15, -0.1) is 0 Å². The summed E-state index contributed by atoms with van der Waals surface area (Å²) in [5.74, 6) is 0.826. The van der Waals surface area contributed by atoms with Gasteiger partial charge in [0.25, 0.3) is 0 Å². The lowest BCUT2D eigenvalue weighted by Crippen LogP contribution is -2.36. The third-order valence-electron chi connectivity index (χ3n) is 4.64. The average Bonchev–Trinajstić information content (AvgIpc) is 2.87. The number of likely N-dealkylation sites (tertiary alicyclic amines) is 1. The maximum Gasteiger partial charge on any atom is 0.119 e. The molecule has 0 radical (unpaired) electrons. The zero-order valence-electron chi connectivity index (χ0n) is 15.8. The Balaban J connectivity index is 1.75. The van der Waals surface area contributed by atoms with Gasteiger partial charge in [-0.25, -0.2) is 0 Å². The lowest BCUT2D eigenvalue weighted by Gasteiger charge is -2.23. The van der Waals surface area contributed by atoms with Crippen molar-refractivity contribution >= 4 is 0 Å². The minimum Gasteiger partial charge on any atom is -0.491 e. The highest BCUT2D eigenvalue weighted by Gasteiger charge is 2.14. The van der Waals surface area contributed by atoms with Gasteiger partial charge in [0.05, 0.1) is 6.61 Å². The van der Waals surface area contributed by atoms with E-state index in [9.17, 15) is 5.11 Å². The number of hydrogen-bond donors (Lipinski definition) is 1. The first-order valence-corrected chi connectivity index (χ1v) is 9.47. The summed E-state index contributed by atoms with van der Waals surface area (Å²) < 4.78 is 10.9. The number of nitrogens with zero attached hydrogens (tertiary/aromatic N) is 2. The molecule has 2 rings (SSSR count). The molecule has 0 bridgehead atoms. The Kier molecular flexibility index (Phi) is 9.26. The number of benzene rings is 1. The first-order chi connectivity index (χ1) is 12.2. The Morgan fingerprint density at radius 2 is 1.96 bits per heavy atom. The summed E-state index contributed by atoms with van der Waals surface area (Å²) in [5, 5.41) is 10.3. The van der Waals surface area contributed by atoms with Gasteiger partial charge in [0, 0.05) is 26.7 Å². The van der Waals surface area contributed by atoms with Crippen LogP contribution in [-0.2, 0) is 11.3 Å². The summed E-state index contributed by atoms with van der Waals surface area (Å²) in [7, 11) is 3.80. The first kappa shape index (κ1) is 20.2. The molecule has 25 heavy (non-hydrogen) atoms. The molecule has 1 aliphatic rings. The number of β-amino-alcohol motifs (C(OH)–C–C–N with tert-alkyl or cyclic N) is 1. The number of ether oxygens (including phenoxy) is 2. The molecule has 1 fully saturated rings. The number of methoxy groups -OCH3 is 1. The second-order valence-electron chi connectivity index (χ2n) is 7.06. The molecule has 1 atom stereocenters. The van der Waals surface area contributed by atoms with Crippen LogP contribution in [0, 0.1) is 0 Å². The van der Waals surface area contributed by atoms with Gasteiger partial charge in [-0.1, -0.05) is 25.0 Å². The van der Waals surface area contributed by atoms with E-state index in [2.05, 4.69) is 29.0 Å². The van der Waals surface area contributed by atoms with Gasteiger partial charge >= 0.3 is 0 Å². The van der Waals surface area contributed by atoms with E-state index >= 15 is 0 Å². The molecule has 0 aromatic heterocycles. The van der Waals surface area contributed by atoms with Crippen molar-refractivity contribution in [3.05, 3.63) is 29.8 Å². The van der Waals surface area contributed by atoms with Crippen LogP contribution in [0.15, 0.2) is 24.3 Å². The summed E-state index contributed by atoms with van der Waals surface area (Å²) in [4.78, 5) is 4.58. The van der Waals surface area contributed by atoms with Gasteiger partial charge in [-0.2, -0.15) is 0 Å². The lowest BCUT2D eigenvalue weighted by atomic mass is 10.2. The van der Waals surface area contributed by atoms with E-state index in [0.717, 1.165) is 38.5 Å². The molecule has 1 saturated heterocycles. The molecule has 0 amide bonds. The molecule has 5 nitrogen and oxygen atoms in total. The van der Waals surface area contributed by atoms with E-state index < -0.39 is 6.10 Å². The van der Waals surface area contributed by atoms with Crippen LogP contribution in [0.2, 0.25) is 0 Å². The molecule has 1 aromatic rings. The van der Waals surface area contributed by atoms with Crippen LogP contribution >= 0.6 is 0 Å². The highest BCUT2D eigenvalue weighted by atomic mass is 16.5. The predicted molar refractivity (Wildman–Crippen MR) is 101 cm³/mol. The van der Waals surface area contributed by atoms with E-state index in [0.29, 0.717) is 13.2 Å². The van der Waals surface area contributed by atoms with E-state index in [-0.39, 0.29) is 0 Å². The highest BCUT2D eigenvalue weighted by Crippen LogP contribution is 2.15. The van der Waals surface area contributed by atoms with E-state index in [1.807, 2.05) is 12.1 Å². The van der Waals surface area contributed by atoms with Gasteiger partial charge in [0.2, 0.25) is 0 Å². The van der Waals surface area contributed by atoms with Crippen molar-refractivity contribution in [2.24, 2.45) is 0 Å². The Labute approximate surface area is 152 Å². The molecule has 1 aliphatic heterocycles.